The summed E-state index contributed by atoms with van der Waals surface area (Å²) in [6.45, 7) is 2.44. The Hall–Kier alpha value is -2.82. The van der Waals surface area contributed by atoms with Crippen LogP contribution in [0.1, 0.15) is 24.2 Å². The summed E-state index contributed by atoms with van der Waals surface area (Å²) in [7, 11) is 0. The lowest BCUT2D eigenvalue weighted by Gasteiger charge is -2.22. The Balaban J connectivity index is 1.77. The summed E-state index contributed by atoms with van der Waals surface area (Å²) in [4.78, 5) is 21.0. The molecule has 0 spiro atoms. The van der Waals surface area contributed by atoms with E-state index in [4.69, 9.17) is 5.11 Å². The molecule has 30 heavy (non-hydrogen) atoms. The Morgan fingerprint density at radius 3 is 2.83 bits per heavy atom. The molecule has 0 radical (unpaired) electrons. The van der Waals surface area contributed by atoms with E-state index in [1.807, 2.05) is 18.2 Å². The number of benzene rings is 1. The van der Waals surface area contributed by atoms with Crippen LogP contribution in [0.2, 0.25) is 0 Å². The molecule has 8 nitrogen and oxygen atoms in total. The van der Waals surface area contributed by atoms with Gasteiger partial charge >= 0.3 is 0 Å². The highest BCUT2D eigenvalue weighted by atomic mass is 32.1. The Bertz CT molecular complexity index is 1020. The number of rotatable bonds is 9. The standard InChI is InChI=1S/C20H24FN5O3S/c1-20(2,29)17(21)10-24-19(28)13-9-23-18(8-15(13)22-5-6-27)26-12-3-4-14-16(7-12)30-11-25-14/h3-4,7-9,11,17,27,29H,5-6,10H2,1-2H3,(H,24,28)(H2,22,23,26)/t17-/m1/s1. The van der Waals surface area contributed by atoms with Crippen molar-refractivity contribution in [2.75, 3.05) is 30.3 Å². The number of amides is 1. The van der Waals surface area contributed by atoms with Crippen LogP contribution in [-0.4, -0.2) is 57.6 Å². The van der Waals surface area contributed by atoms with E-state index in [1.165, 1.54) is 31.4 Å². The quantitative estimate of drug-likeness (QED) is 0.352. The van der Waals surface area contributed by atoms with Gasteiger partial charge in [0.25, 0.3) is 5.91 Å². The highest BCUT2D eigenvalue weighted by Gasteiger charge is 2.27. The minimum atomic E-state index is -1.62. The number of carbonyl (C=O) groups is 1. The van der Waals surface area contributed by atoms with E-state index >= 15 is 0 Å². The van der Waals surface area contributed by atoms with Crippen LogP contribution in [0.3, 0.4) is 0 Å². The molecule has 2 aromatic heterocycles. The number of hydrogen-bond donors (Lipinski definition) is 5. The molecule has 3 rings (SSSR count). The molecular formula is C20H24FN5O3S. The van der Waals surface area contributed by atoms with Gasteiger partial charge in [0.15, 0.2) is 0 Å². The number of aromatic nitrogens is 2. The first kappa shape index (κ1) is 21.9. The maximum atomic E-state index is 13.9. The van der Waals surface area contributed by atoms with Gasteiger partial charge in [0.1, 0.15) is 12.0 Å². The first-order chi connectivity index (χ1) is 14.3. The number of thiazole rings is 1. The van der Waals surface area contributed by atoms with Gasteiger partial charge in [-0.1, -0.05) is 0 Å². The predicted octanol–water partition coefficient (Wildman–Crippen LogP) is 2.68. The van der Waals surface area contributed by atoms with Gasteiger partial charge in [0, 0.05) is 24.5 Å². The second kappa shape index (κ2) is 9.33. The van der Waals surface area contributed by atoms with Gasteiger partial charge in [-0.3, -0.25) is 4.79 Å². The van der Waals surface area contributed by atoms with Gasteiger partial charge < -0.3 is 26.2 Å². The van der Waals surface area contributed by atoms with E-state index in [0.717, 1.165) is 15.9 Å². The Kier molecular flexibility index (Phi) is 6.80. The number of aliphatic hydroxyl groups is 2. The molecule has 1 amide bonds. The molecule has 0 saturated heterocycles. The van der Waals surface area contributed by atoms with Crippen LogP contribution in [0.4, 0.5) is 21.6 Å². The summed E-state index contributed by atoms with van der Waals surface area (Å²) in [6.07, 6.45) is -0.245. The van der Waals surface area contributed by atoms with Crippen molar-refractivity contribution >= 4 is 44.7 Å². The second-order valence-electron chi connectivity index (χ2n) is 7.26. The van der Waals surface area contributed by atoms with Gasteiger partial charge in [0.05, 0.1) is 45.7 Å². The molecule has 3 aromatic rings. The van der Waals surface area contributed by atoms with E-state index in [-0.39, 0.29) is 25.3 Å². The fraction of sp³-hybridized carbons (Fsp3) is 0.350. The van der Waals surface area contributed by atoms with Crippen LogP contribution in [0, 0.1) is 0 Å². The third kappa shape index (κ3) is 5.41. The van der Waals surface area contributed by atoms with Crippen molar-refractivity contribution in [3.8, 4) is 0 Å². The van der Waals surface area contributed by atoms with Crippen molar-refractivity contribution in [2.45, 2.75) is 25.6 Å². The number of carbonyl (C=O) groups excluding carboxylic acids is 1. The van der Waals surface area contributed by atoms with Crippen molar-refractivity contribution in [3.63, 3.8) is 0 Å². The van der Waals surface area contributed by atoms with Crippen molar-refractivity contribution in [2.24, 2.45) is 0 Å². The van der Waals surface area contributed by atoms with Gasteiger partial charge in [-0.15, -0.1) is 11.3 Å². The molecule has 10 heteroatoms. The first-order valence-corrected chi connectivity index (χ1v) is 10.3. The topological polar surface area (TPSA) is 119 Å². The van der Waals surface area contributed by atoms with Crippen LogP contribution in [0.15, 0.2) is 36.0 Å². The summed E-state index contributed by atoms with van der Waals surface area (Å²) in [6, 6.07) is 7.37. The molecule has 0 bridgehead atoms. The van der Waals surface area contributed by atoms with E-state index in [9.17, 15) is 14.3 Å². The molecule has 160 valence electrons. The molecule has 0 aliphatic carbocycles. The summed E-state index contributed by atoms with van der Waals surface area (Å²) in [5, 5.41) is 27.4. The number of nitrogens with zero attached hydrogens (tertiary/aromatic N) is 2. The fourth-order valence-electron chi connectivity index (χ4n) is 2.65. The third-order valence-electron chi connectivity index (χ3n) is 4.39. The number of aliphatic hydroxyl groups excluding tert-OH is 1. The maximum Gasteiger partial charge on any atom is 0.255 e. The van der Waals surface area contributed by atoms with Gasteiger partial charge in [0.2, 0.25) is 0 Å². The molecule has 2 heterocycles. The van der Waals surface area contributed by atoms with Crippen molar-refractivity contribution in [3.05, 3.63) is 41.5 Å². The number of alkyl halides is 1. The Morgan fingerprint density at radius 2 is 2.10 bits per heavy atom. The Morgan fingerprint density at radius 1 is 1.30 bits per heavy atom. The normalized spacial score (nSPS) is 12.6. The highest BCUT2D eigenvalue weighted by Crippen LogP contribution is 2.26. The van der Waals surface area contributed by atoms with E-state index in [0.29, 0.717) is 11.5 Å². The highest BCUT2D eigenvalue weighted by molar-refractivity contribution is 7.16. The van der Waals surface area contributed by atoms with Crippen molar-refractivity contribution in [1.29, 1.82) is 0 Å². The summed E-state index contributed by atoms with van der Waals surface area (Å²) < 4.78 is 15.0. The molecule has 0 aliphatic heterocycles. The second-order valence-corrected chi connectivity index (χ2v) is 8.14. The van der Waals surface area contributed by atoms with E-state index in [2.05, 4.69) is 25.9 Å². The number of fused-ring (bicyclic) bond motifs is 1. The molecule has 0 saturated carbocycles. The molecule has 0 aliphatic rings. The average molecular weight is 434 g/mol. The van der Waals surface area contributed by atoms with Crippen LogP contribution < -0.4 is 16.0 Å². The molecule has 5 N–H and O–H groups in total. The molecular weight excluding hydrogens is 409 g/mol. The number of anilines is 3. The van der Waals surface area contributed by atoms with Gasteiger partial charge in [-0.05, 0) is 32.0 Å². The number of pyridine rings is 1. The average Bonchev–Trinajstić information content (AvgIpc) is 3.17. The maximum absolute atomic E-state index is 13.9. The summed E-state index contributed by atoms with van der Waals surface area (Å²) >= 11 is 1.53. The number of nitrogens with one attached hydrogen (secondary N) is 3. The lowest BCUT2D eigenvalue weighted by atomic mass is 10.0. The zero-order chi connectivity index (χ0) is 21.7. The van der Waals surface area contributed by atoms with E-state index in [1.54, 1.807) is 11.6 Å². The van der Waals surface area contributed by atoms with Gasteiger partial charge in [-0.25, -0.2) is 14.4 Å². The zero-order valence-electron chi connectivity index (χ0n) is 16.6. The third-order valence-corrected chi connectivity index (χ3v) is 5.18. The predicted molar refractivity (Wildman–Crippen MR) is 116 cm³/mol. The largest absolute Gasteiger partial charge is 0.395 e. The van der Waals surface area contributed by atoms with Crippen molar-refractivity contribution < 1.29 is 19.4 Å². The molecule has 0 fully saturated rings. The smallest absolute Gasteiger partial charge is 0.255 e. The van der Waals surface area contributed by atoms with Crippen LogP contribution in [-0.2, 0) is 0 Å². The fourth-order valence-corrected chi connectivity index (χ4v) is 3.37. The van der Waals surface area contributed by atoms with Gasteiger partial charge in [-0.2, -0.15) is 0 Å². The monoisotopic (exact) mass is 433 g/mol. The number of hydrogen-bond acceptors (Lipinski definition) is 8. The van der Waals surface area contributed by atoms with Crippen LogP contribution in [0.25, 0.3) is 10.2 Å². The minimum Gasteiger partial charge on any atom is -0.395 e. The first-order valence-electron chi connectivity index (χ1n) is 9.37. The number of halogens is 1. The molecule has 0 unspecified atom stereocenters. The zero-order valence-corrected chi connectivity index (χ0v) is 17.5. The van der Waals surface area contributed by atoms with Crippen molar-refractivity contribution in [1.82, 2.24) is 15.3 Å². The lowest BCUT2D eigenvalue weighted by molar-refractivity contribution is -0.00177. The minimum absolute atomic E-state index is 0.126. The molecule has 1 aromatic carbocycles. The summed E-state index contributed by atoms with van der Waals surface area (Å²) in [5.74, 6) is -0.0387. The van der Waals surface area contributed by atoms with E-state index < -0.39 is 17.7 Å². The Labute approximate surface area is 177 Å². The van der Waals surface area contributed by atoms with Crippen LogP contribution >= 0.6 is 11.3 Å². The lowest BCUT2D eigenvalue weighted by Crippen LogP contribution is -2.42. The SMILES string of the molecule is CC(C)(O)[C@H](F)CNC(=O)c1cnc(Nc2ccc3ncsc3c2)cc1NCCO. The van der Waals surface area contributed by atoms with Crippen LogP contribution in [0.5, 0.6) is 0 Å². The molecule has 1 atom stereocenters. The summed E-state index contributed by atoms with van der Waals surface area (Å²) in [5.41, 5.74) is 2.59.